The molecular weight excluding hydrogens is 320 g/mol. The Hall–Kier alpha value is -2.01. The highest BCUT2D eigenvalue weighted by Crippen LogP contribution is 2.31. The van der Waals surface area contributed by atoms with E-state index in [0.29, 0.717) is 12.2 Å². The van der Waals surface area contributed by atoms with Crippen LogP contribution in [0.2, 0.25) is 0 Å². The summed E-state index contributed by atoms with van der Waals surface area (Å²) in [5, 5.41) is 3.88. The molecule has 1 aromatic carbocycles. The lowest BCUT2D eigenvalue weighted by molar-refractivity contribution is 0.382. The first-order valence-electron chi connectivity index (χ1n) is 6.26. The number of nitrogen functional groups attached to an aromatic ring is 1. The molecule has 2 aromatic heterocycles. The monoisotopic (exact) mass is 332 g/mol. The highest BCUT2D eigenvalue weighted by atomic mass is 79.9. The quantitative estimate of drug-likeness (QED) is 0.782. The van der Waals surface area contributed by atoms with E-state index in [1.165, 1.54) is 0 Å². The summed E-state index contributed by atoms with van der Waals surface area (Å²) in [5.74, 6) is 2.11. The zero-order valence-corrected chi connectivity index (χ0v) is 12.3. The Kier molecular flexibility index (Phi) is 3.60. The molecule has 0 bridgehead atoms. The number of halogens is 1. The zero-order valence-electron chi connectivity index (χ0n) is 10.7. The van der Waals surface area contributed by atoms with Crippen LogP contribution in [-0.2, 0) is 12.8 Å². The SMILES string of the molecule is Nc1noc(CCc2ccco2)c1-c1cccc(Br)c1. The van der Waals surface area contributed by atoms with Gasteiger partial charge in [-0.05, 0) is 29.8 Å². The van der Waals surface area contributed by atoms with Crippen molar-refractivity contribution >= 4 is 21.7 Å². The molecule has 0 amide bonds. The molecule has 102 valence electrons. The fourth-order valence-electron chi connectivity index (χ4n) is 2.15. The van der Waals surface area contributed by atoms with Crippen LogP contribution in [0, 0.1) is 0 Å². The van der Waals surface area contributed by atoms with Gasteiger partial charge in [0, 0.05) is 17.3 Å². The molecule has 0 saturated carbocycles. The summed E-state index contributed by atoms with van der Waals surface area (Å²) in [6.07, 6.45) is 3.11. The molecule has 2 N–H and O–H groups in total. The molecule has 3 aromatic rings. The number of hydrogen-bond donors (Lipinski definition) is 1. The highest BCUT2D eigenvalue weighted by molar-refractivity contribution is 9.10. The Bertz CT molecular complexity index is 704. The van der Waals surface area contributed by atoms with Gasteiger partial charge in [0.2, 0.25) is 0 Å². The molecule has 2 heterocycles. The molecule has 3 rings (SSSR count). The lowest BCUT2D eigenvalue weighted by atomic mass is 10.0. The van der Waals surface area contributed by atoms with E-state index in [-0.39, 0.29) is 0 Å². The number of nitrogens with zero attached hydrogens (tertiary/aromatic N) is 1. The smallest absolute Gasteiger partial charge is 0.175 e. The summed E-state index contributed by atoms with van der Waals surface area (Å²) in [6.45, 7) is 0. The van der Waals surface area contributed by atoms with Crippen molar-refractivity contribution < 1.29 is 8.94 Å². The molecule has 0 spiro atoms. The summed E-state index contributed by atoms with van der Waals surface area (Å²) in [7, 11) is 0. The van der Waals surface area contributed by atoms with Crippen LogP contribution in [0.5, 0.6) is 0 Å². The van der Waals surface area contributed by atoms with Gasteiger partial charge >= 0.3 is 0 Å². The van der Waals surface area contributed by atoms with E-state index in [9.17, 15) is 0 Å². The van der Waals surface area contributed by atoms with Crippen LogP contribution in [0.4, 0.5) is 5.82 Å². The van der Waals surface area contributed by atoms with E-state index in [4.69, 9.17) is 14.7 Å². The van der Waals surface area contributed by atoms with Gasteiger partial charge in [-0.2, -0.15) is 0 Å². The van der Waals surface area contributed by atoms with Crippen molar-refractivity contribution in [2.75, 3.05) is 5.73 Å². The predicted molar refractivity (Wildman–Crippen MR) is 80.2 cm³/mol. The Morgan fingerprint density at radius 3 is 2.80 bits per heavy atom. The van der Waals surface area contributed by atoms with Crippen molar-refractivity contribution in [3.05, 3.63) is 58.7 Å². The second kappa shape index (κ2) is 5.54. The maximum Gasteiger partial charge on any atom is 0.175 e. The second-order valence-corrected chi connectivity index (χ2v) is 5.37. The molecule has 0 aliphatic rings. The van der Waals surface area contributed by atoms with Crippen molar-refractivity contribution in [3.8, 4) is 11.1 Å². The largest absolute Gasteiger partial charge is 0.469 e. The molecule has 0 saturated heterocycles. The van der Waals surface area contributed by atoms with Crippen LogP contribution in [0.25, 0.3) is 11.1 Å². The van der Waals surface area contributed by atoms with Crippen LogP contribution in [0.1, 0.15) is 11.5 Å². The summed E-state index contributed by atoms with van der Waals surface area (Å²) in [4.78, 5) is 0. The van der Waals surface area contributed by atoms with Crippen LogP contribution in [-0.4, -0.2) is 5.16 Å². The lowest BCUT2D eigenvalue weighted by Gasteiger charge is -2.02. The maximum absolute atomic E-state index is 5.93. The van der Waals surface area contributed by atoms with Crippen molar-refractivity contribution in [1.29, 1.82) is 0 Å². The Balaban J connectivity index is 1.89. The second-order valence-electron chi connectivity index (χ2n) is 4.46. The van der Waals surface area contributed by atoms with E-state index in [1.54, 1.807) is 6.26 Å². The van der Waals surface area contributed by atoms with E-state index >= 15 is 0 Å². The first-order valence-corrected chi connectivity index (χ1v) is 7.05. The van der Waals surface area contributed by atoms with E-state index in [2.05, 4.69) is 21.1 Å². The lowest BCUT2D eigenvalue weighted by Crippen LogP contribution is -1.93. The van der Waals surface area contributed by atoms with Gasteiger partial charge in [0.25, 0.3) is 0 Å². The third kappa shape index (κ3) is 2.63. The molecule has 20 heavy (non-hydrogen) atoms. The molecule has 0 atom stereocenters. The van der Waals surface area contributed by atoms with Crippen molar-refractivity contribution in [2.45, 2.75) is 12.8 Å². The number of rotatable bonds is 4. The Morgan fingerprint density at radius 2 is 2.05 bits per heavy atom. The number of anilines is 1. The number of aromatic nitrogens is 1. The van der Waals surface area contributed by atoms with Crippen molar-refractivity contribution in [3.63, 3.8) is 0 Å². The first-order chi connectivity index (χ1) is 9.74. The average molecular weight is 333 g/mol. The number of nitrogens with two attached hydrogens (primary N) is 1. The van der Waals surface area contributed by atoms with Crippen LogP contribution in [0.3, 0.4) is 0 Å². The fraction of sp³-hybridized carbons (Fsp3) is 0.133. The van der Waals surface area contributed by atoms with Gasteiger partial charge in [0.15, 0.2) is 5.82 Å². The standard InChI is InChI=1S/C15H13BrN2O2/c16-11-4-1-3-10(9-11)14-13(20-18-15(14)17)7-6-12-5-2-8-19-12/h1-5,8-9H,6-7H2,(H2,17,18). The molecule has 0 fully saturated rings. The first kappa shape index (κ1) is 13.0. The molecule has 4 nitrogen and oxygen atoms in total. The van der Waals surface area contributed by atoms with Crippen molar-refractivity contribution in [2.24, 2.45) is 0 Å². The summed E-state index contributed by atoms with van der Waals surface area (Å²) < 4.78 is 11.7. The van der Waals surface area contributed by atoms with Crippen LogP contribution in [0.15, 0.2) is 56.1 Å². The minimum atomic E-state index is 0.414. The minimum absolute atomic E-state index is 0.414. The van der Waals surface area contributed by atoms with Crippen LogP contribution >= 0.6 is 15.9 Å². The van der Waals surface area contributed by atoms with Crippen LogP contribution < -0.4 is 5.73 Å². The third-order valence-electron chi connectivity index (χ3n) is 3.08. The van der Waals surface area contributed by atoms with Gasteiger partial charge in [-0.3, -0.25) is 0 Å². The minimum Gasteiger partial charge on any atom is -0.469 e. The number of benzene rings is 1. The van der Waals surface area contributed by atoms with Gasteiger partial charge in [0.05, 0.1) is 11.8 Å². The third-order valence-corrected chi connectivity index (χ3v) is 3.57. The predicted octanol–water partition coefficient (Wildman–Crippen LogP) is 4.06. The van der Waals surface area contributed by atoms with E-state index < -0.39 is 0 Å². The van der Waals surface area contributed by atoms with Gasteiger partial charge < -0.3 is 14.7 Å². The van der Waals surface area contributed by atoms with Gasteiger partial charge in [-0.15, -0.1) is 0 Å². The normalized spacial score (nSPS) is 10.8. The van der Waals surface area contributed by atoms with E-state index in [0.717, 1.165) is 33.5 Å². The fourth-order valence-corrected chi connectivity index (χ4v) is 2.55. The Morgan fingerprint density at radius 1 is 1.15 bits per heavy atom. The summed E-state index contributed by atoms with van der Waals surface area (Å²) >= 11 is 3.46. The summed E-state index contributed by atoms with van der Waals surface area (Å²) in [5.41, 5.74) is 7.78. The Labute approximate surface area is 124 Å². The molecule has 0 radical (unpaired) electrons. The number of furan rings is 1. The zero-order chi connectivity index (χ0) is 13.9. The molecule has 0 unspecified atom stereocenters. The molecule has 5 heteroatoms. The molecule has 0 aliphatic heterocycles. The summed E-state index contributed by atoms with van der Waals surface area (Å²) in [6, 6.07) is 11.7. The molecule has 0 aliphatic carbocycles. The van der Waals surface area contributed by atoms with Gasteiger partial charge in [0.1, 0.15) is 11.5 Å². The topological polar surface area (TPSA) is 65.2 Å². The average Bonchev–Trinajstić information content (AvgIpc) is 3.06. The van der Waals surface area contributed by atoms with Gasteiger partial charge in [-0.1, -0.05) is 33.2 Å². The van der Waals surface area contributed by atoms with E-state index in [1.807, 2.05) is 36.4 Å². The van der Waals surface area contributed by atoms with Gasteiger partial charge in [-0.25, -0.2) is 0 Å². The number of aryl methyl sites for hydroxylation is 2. The van der Waals surface area contributed by atoms with Crippen molar-refractivity contribution in [1.82, 2.24) is 5.16 Å². The number of hydrogen-bond acceptors (Lipinski definition) is 4. The maximum atomic E-state index is 5.93. The highest BCUT2D eigenvalue weighted by Gasteiger charge is 2.16. The molecular formula is C15H13BrN2O2.